The third-order valence-electron chi connectivity index (χ3n) is 5.31. The van der Waals surface area contributed by atoms with Crippen LogP contribution < -0.4 is 5.32 Å². The molecule has 7 heteroatoms. The van der Waals surface area contributed by atoms with Crippen molar-refractivity contribution in [2.75, 3.05) is 6.61 Å². The van der Waals surface area contributed by atoms with Gasteiger partial charge in [-0.2, -0.15) is 13.2 Å². The quantitative estimate of drug-likeness (QED) is 0.726. The number of carbonyl (C=O) groups excluding carboxylic acids is 2. The first-order valence-corrected chi connectivity index (χ1v) is 9.53. The highest BCUT2D eigenvalue weighted by Crippen LogP contribution is 2.49. The van der Waals surface area contributed by atoms with Crippen LogP contribution in [-0.4, -0.2) is 18.4 Å². The van der Waals surface area contributed by atoms with E-state index < -0.39 is 23.6 Å². The van der Waals surface area contributed by atoms with Crippen LogP contribution in [0.2, 0.25) is 0 Å². The van der Waals surface area contributed by atoms with Gasteiger partial charge in [-0.1, -0.05) is 32.0 Å². The fraction of sp³-hybridized carbons (Fsp3) is 0.455. The molecule has 29 heavy (non-hydrogen) atoms. The number of benzene rings is 1. The number of esters is 1. The van der Waals surface area contributed by atoms with Crippen LogP contribution in [0.5, 0.6) is 0 Å². The monoisotopic (exact) mass is 407 g/mol. The van der Waals surface area contributed by atoms with Gasteiger partial charge in [0.15, 0.2) is 5.78 Å². The summed E-state index contributed by atoms with van der Waals surface area (Å²) in [4.78, 5) is 25.8. The fourth-order valence-electron chi connectivity index (χ4n) is 4.23. The number of nitrogens with one attached hydrogen (secondary N) is 1. The van der Waals surface area contributed by atoms with Crippen LogP contribution in [0.15, 0.2) is 46.8 Å². The first kappa shape index (κ1) is 21.1. The molecular weight excluding hydrogens is 383 g/mol. The lowest BCUT2D eigenvalue weighted by atomic mass is 9.68. The van der Waals surface area contributed by atoms with E-state index in [4.69, 9.17) is 4.74 Å². The van der Waals surface area contributed by atoms with E-state index in [0.29, 0.717) is 17.8 Å². The Labute approximate surface area is 167 Å². The molecule has 0 aromatic heterocycles. The second-order valence-electron chi connectivity index (χ2n) is 8.24. The molecule has 0 amide bonds. The van der Waals surface area contributed by atoms with Crippen molar-refractivity contribution in [3.8, 4) is 0 Å². The SMILES string of the molecule is CCOC(=O)C1=C(C)NC2=C(C(=O)CC(C)(C)C2)[C@@H]1c1ccccc1C(F)(F)F. The van der Waals surface area contributed by atoms with E-state index >= 15 is 0 Å². The van der Waals surface area contributed by atoms with Crippen LogP contribution in [0.3, 0.4) is 0 Å². The maximum Gasteiger partial charge on any atom is 0.416 e. The second-order valence-corrected chi connectivity index (χ2v) is 8.24. The summed E-state index contributed by atoms with van der Waals surface area (Å²) in [5.74, 6) is -2.09. The lowest BCUT2D eigenvalue weighted by Crippen LogP contribution is -2.39. The molecule has 1 aliphatic heterocycles. The molecule has 0 spiro atoms. The molecular formula is C22H24F3NO3. The molecule has 1 N–H and O–H groups in total. The minimum absolute atomic E-state index is 0.0513. The predicted molar refractivity (Wildman–Crippen MR) is 102 cm³/mol. The number of rotatable bonds is 3. The highest BCUT2D eigenvalue weighted by molar-refractivity contribution is 6.04. The molecule has 0 bridgehead atoms. The summed E-state index contributed by atoms with van der Waals surface area (Å²) in [6.07, 6.45) is -3.91. The zero-order valence-electron chi connectivity index (χ0n) is 16.9. The number of ether oxygens (including phenoxy) is 1. The average molecular weight is 407 g/mol. The summed E-state index contributed by atoms with van der Waals surface area (Å²) in [6, 6.07) is 5.10. The molecule has 0 fully saturated rings. The van der Waals surface area contributed by atoms with E-state index in [1.807, 2.05) is 13.8 Å². The van der Waals surface area contributed by atoms with Crippen LogP contribution in [0, 0.1) is 5.41 Å². The molecule has 0 unspecified atom stereocenters. The molecule has 0 saturated heterocycles. The van der Waals surface area contributed by atoms with Crippen LogP contribution in [0.1, 0.15) is 57.6 Å². The Morgan fingerprint density at radius 1 is 1.24 bits per heavy atom. The van der Waals surface area contributed by atoms with Crippen molar-refractivity contribution in [1.82, 2.24) is 5.32 Å². The van der Waals surface area contributed by atoms with E-state index in [1.54, 1.807) is 13.8 Å². The van der Waals surface area contributed by atoms with Crippen molar-refractivity contribution in [3.05, 3.63) is 57.9 Å². The van der Waals surface area contributed by atoms with E-state index in [1.165, 1.54) is 18.2 Å². The smallest absolute Gasteiger partial charge is 0.416 e. The summed E-state index contributed by atoms with van der Waals surface area (Å²) in [7, 11) is 0. The second kappa shape index (κ2) is 7.35. The number of carbonyl (C=O) groups is 2. The largest absolute Gasteiger partial charge is 0.463 e. The van der Waals surface area contributed by atoms with Crippen LogP contribution >= 0.6 is 0 Å². The number of allylic oxidation sites excluding steroid dienone is 3. The zero-order valence-corrected chi connectivity index (χ0v) is 16.9. The zero-order chi connectivity index (χ0) is 21.6. The molecule has 0 saturated carbocycles. The van der Waals surface area contributed by atoms with Gasteiger partial charge in [0.25, 0.3) is 0 Å². The first-order chi connectivity index (χ1) is 13.5. The van der Waals surface area contributed by atoms with Gasteiger partial charge in [0, 0.05) is 29.3 Å². The predicted octanol–water partition coefficient (Wildman–Crippen LogP) is 4.87. The summed E-state index contributed by atoms with van der Waals surface area (Å²) in [6.45, 7) is 7.22. The summed E-state index contributed by atoms with van der Waals surface area (Å²) < 4.78 is 46.4. The van der Waals surface area contributed by atoms with Crippen LogP contribution in [0.25, 0.3) is 0 Å². The number of halogens is 3. The fourth-order valence-corrected chi connectivity index (χ4v) is 4.23. The van der Waals surface area contributed by atoms with E-state index in [2.05, 4.69) is 5.32 Å². The van der Waals surface area contributed by atoms with Gasteiger partial charge in [-0.25, -0.2) is 4.79 Å². The molecule has 3 rings (SSSR count). The number of hydrogen-bond donors (Lipinski definition) is 1. The molecule has 1 aromatic rings. The van der Waals surface area contributed by atoms with Crippen molar-refractivity contribution in [2.24, 2.45) is 5.41 Å². The van der Waals surface area contributed by atoms with Gasteiger partial charge in [0.2, 0.25) is 0 Å². The summed E-state index contributed by atoms with van der Waals surface area (Å²) in [5.41, 5.74) is -0.00689. The first-order valence-electron chi connectivity index (χ1n) is 9.53. The van der Waals surface area contributed by atoms with Crippen molar-refractivity contribution >= 4 is 11.8 Å². The van der Waals surface area contributed by atoms with Crippen molar-refractivity contribution in [1.29, 1.82) is 0 Å². The number of alkyl halides is 3. The Morgan fingerprint density at radius 2 is 1.90 bits per heavy atom. The minimum atomic E-state index is -4.62. The van der Waals surface area contributed by atoms with E-state index in [0.717, 1.165) is 6.07 Å². The maximum absolute atomic E-state index is 13.8. The standard InChI is InChI=1S/C22H24F3NO3/c1-5-29-20(28)17-12(2)26-15-10-21(3,4)11-16(27)19(15)18(17)13-8-6-7-9-14(13)22(23,24)25/h6-9,18,26H,5,10-11H2,1-4H3/t18-/m1/s1. The Morgan fingerprint density at radius 3 is 2.52 bits per heavy atom. The Hall–Kier alpha value is -2.57. The number of hydrogen-bond acceptors (Lipinski definition) is 4. The molecule has 1 aliphatic carbocycles. The molecule has 1 heterocycles. The lowest BCUT2D eigenvalue weighted by molar-refractivity contribution is -0.140. The summed E-state index contributed by atoms with van der Waals surface area (Å²) in [5, 5.41) is 3.11. The third kappa shape index (κ3) is 3.95. The van der Waals surface area contributed by atoms with Gasteiger partial charge in [-0.15, -0.1) is 0 Å². The molecule has 156 valence electrons. The van der Waals surface area contributed by atoms with Gasteiger partial charge in [0.05, 0.1) is 17.7 Å². The molecule has 4 nitrogen and oxygen atoms in total. The molecule has 1 atom stereocenters. The number of ketones is 1. The van der Waals surface area contributed by atoms with Gasteiger partial charge in [-0.05, 0) is 37.3 Å². The Balaban J connectivity index is 2.28. The third-order valence-corrected chi connectivity index (χ3v) is 5.31. The van der Waals surface area contributed by atoms with E-state index in [-0.39, 0.29) is 40.9 Å². The van der Waals surface area contributed by atoms with Crippen LogP contribution in [-0.2, 0) is 20.5 Å². The van der Waals surface area contributed by atoms with Gasteiger partial charge in [-0.3, -0.25) is 4.79 Å². The Kier molecular flexibility index (Phi) is 5.36. The van der Waals surface area contributed by atoms with Gasteiger partial charge >= 0.3 is 12.1 Å². The molecule has 0 radical (unpaired) electrons. The van der Waals surface area contributed by atoms with Crippen molar-refractivity contribution < 1.29 is 27.5 Å². The van der Waals surface area contributed by atoms with E-state index in [9.17, 15) is 22.8 Å². The highest BCUT2D eigenvalue weighted by Gasteiger charge is 2.46. The molecule has 1 aromatic carbocycles. The van der Waals surface area contributed by atoms with Crippen molar-refractivity contribution in [2.45, 2.75) is 52.6 Å². The highest BCUT2D eigenvalue weighted by atomic mass is 19.4. The minimum Gasteiger partial charge on any atom is -0.463 e. The Bertz CT molecular complexity index is 925. The van der Waals surface area contributed by atoms with Gasteiger partial charge < -0.3 is 10.1 Å². The maximum atomic E-state index is 13.8. The van der Waals surface area contributed by atoms with Crippen molar-refractivity contribution in [3.63, 3.8) is 0 Å². The average Bonchev–Trinajstić information content (AvgIpc) is 2.58. The van der Waals surface area contributed by atoms with Gasteiger partial charge in [0.1, 0.15) is 0 Å². The molecule has 2 aliphatic rings. The number of dihydropyridines is 1. The topological polar surface area (TPSA) is 55.4 Å². The lowest BCUT2D eigenvalue weighted by Gasteiger charge is -2.39. The normalized spacial score (nSPS) is 21.6. The number of Topliss-reactive ketones (excluding diaryl/α,β-unsaturated/α-hetero) is 1. The van der Waals surface area contributed by atoms with Crippen LogP contribution in [0.4, 0.5) is 13.2 Å². The summed E-state index contributed by atoms with van der Waals surface area (Å²) >= 11 is 0.